The molecule has 0 aliphatic carbocycles. The van der Waals surface area contributed by atoms with E-state index in [2.05, 4.69) is 35.7 Å². The number of rotatable bonds is 12. The van der Waals surface area contributed by atoms with E-state index in [1.807, 2.05) is 50.3 Å². The van der Waals surface area contributed by atoms with Crippen LogP contribution in [0.5, 0.6) is 0 Å². The third-order valence-corrected chi connectivity index (χ3v) is 6.10. The average molecular weight is 524 g/mol. The lowest BCUT2D eigenvalue weighted by Gasteiger charge is -2.34. The molecule has 1 aromatic heterocycles. The smallest absolute Gasteiger partial charge is 0.239 e. The van der Waals surface area contributed by atoms with Crippen molar-refractivity contribution in [3.63, 3.8) is 0 Å². The van der Waals surface area contributed by atoms with Crippen molar-refractivity contribution in [2.75, 3.05) is 63.0 Å². The summed E-state index contributed by atoms with van der Waals surface area (Å²) < 4.78 is 14.2. The normalized spacial score (nSPS) is 15.3. The number of carbonyl (C=O) groups excluding carboxylic acids is 2. The Balaban J connectivity index is 1.58. The largest absolute Gasteiger partial charge is 0.368 e. The van der Waals surface area contributed by atoms with Crippen molar-refractivity contribution in [2.45, 2.75) is 27.2 Å². The van der Waals surface area contributed by atoms with Crippen molar-refractivity contribution in [2.24, 2.45) is 0 Å². The zero-order valence-corrected chi connectivity index (χ0v) is 22.5. The molecule has 0 atom stereocenters. The Bertz CT molecular complexity index is 1130. The molecule has 3 N–H and O–H groups in total. The van der Waals surface area contributed by atoms with Crippen LogP contribution in [0.15, 0.2) is 60.0 Å². The molecule has 2 amide bonds. The number of piperazine rings is 1. The number of allylic oxidation sites excluding steroid dienone is 2. The predicted molar refractivity (Wildman–Crippen MR) is 149 cm³/mol. The van der Waals surface area contributed by atoms with Crippen molar-refractivity contribution in [3.05, 3.63) is 60.0 Å². The third kappa shape index (κ3) is 9.35. The number of carbonyl (C=O) groups is 2. The van der Waals surface area contributed by atoms with Crippen molar-refractivity contribution in [3.8, 4) is 11.4 Å². The molecule has 38 heavy (non-hydrogen) atoms. The molecule has 1 saturated heterocycles. The van der Waals surface area contributed by atoms with Crippen molar-refractivity contribution in [1.82, 2.24) is 25.1 Å². The van der Waals surface area contributed by atoms with E-state index in [0.717, 1.165) is 31.7 Å². The van der Waals surface area contributed by atoms with Crippen LogP contribution in [0.25, 0.3) is 11.4 Å². The first-order valence-electron chi connectivity index (χ1n) is 13.1. The van der Waals surface area contributed by atoms with Gasteiger partial charge in [-0.25, -0.2) is 14.4 Å². The van der Waals surface area contributed by atoms with Gasteiger partial charge in [-0.05, 0) is 25.0 Å². The maximum absolute atomic E-state index is 14.2. The Hall–Kier alpha value is -3.63. The Morgan fingerprint density at radius 2 is 1.66 bits per heavy atom. The SMILES string of the molecule is C/C=C(CN1CCN(CC(=O)Nc2cc(NCCNC(C)=O)nc(-c3ccccc3)n2)CC1)\C(F)=C/CC. The maximum atomic E-state index is 14.2. The van der Waals surface area contributed by atoms with Gasteiger partial charge in [0.2, 0.25) is 11.8 Å². The molecule has 0 radical (unpaired) electrons. The number of aromatic nitrogens is 2. The summed E-state index contributed by atoms with van der Waals surface area (Å²) in [6.45, 7) is 9.96. The molecule has 3 rings (SSSR count). The van der Waals surface area contributed by atoms with Crippen molar-refractivity contribution >= 4 is 23.5 Å². The molecule has 2 aromatic rings. The number of amides is 2. The van der Waals surface area contributed by atoms with E-state index in [1.54, 1.807) is 12.1 Å². The van der Waals surface area contributed by atoms with Crippen LogP contribution in [0.1, 0.15) is 27.2 Å². The summed E-state index contributed by atoms with van der Waals surface area (Å²) in [5, 5.41) is 8.82. The minimum Gasteiger partial charge on any atom is -0.368 e. The second kappa shape index (κ2) is 14.9. The Morgan fingerprint density at radius 1 is 1.00 bits per heavy atom. The monoisotopic (exact) mass is 523 g/mol. The molecule has 1 fully saturated rings. The fraction of sp³-hybridized carbons (Fsp3) is 0.429. The maximum Gasteiger partial charge on any atom is 0.239 e. The molecule has 2 heterocycles. The first kappa shape index (κ1) is 28.9. The standard InChI is InChI=1S/C28H38FN7O2/c1-4-9-24(29)22(5-2)19-35-14-16-36(17-15-35)20-27(38)32-26-18-25(31-13-12-30-21(3)37)33-28(34-26)23-10-7-6-8-11-23/h5-11,18H,4,12-17,19-20H2,1-3H3,(H,30,37)(H2,31,32,33,34,38)/b22-5-,24-9+. The van der Waals surface area contributed by atoms with Gasteiger partial charge in [-0.15, -0.1) is 0 Å². The average Bonchev–Trinajstić information content (AvgIpc) is 2.91. The van der Waals surface area contributed by atoms with E-state index in [1.165, 1.54) is 6.92 Å². The summed E-state index contributed by atoms with van der Waals surface area (Å²) in [5.41, 5.74) is 1.54. The van der Waals surface area contributed by atoms with Gasteiger partial charge in [0.1, 0.15) is 17.5 Å². The molecule has 0 spiro atoms. The fourth-order valence-electron chi connectivity index (χ4n) is 4.09. The van der Waals surface area contributed by atoms with Crippen LogP contribution in [0, 0.1) is 0 Å². The molecular formula is C28H38FN7O2. The summed E-state index contributed by atoms with van der Waals surface area (Å²) >= 11 is 0. The molecule has 0 bridgehead atoms. The van der Waals surface area contributed by atoms with Gasteiger partial charge in [0, 0.05) is 64.4 Å². The summed E-state index contributed by atoms with van der Waals surface area (Å²) in [7, 11) is 0. The summed E-state index contributed by atoms with van der Waals surface area (Å²) in [6, 6.07) is 11.2. The van der Waals surface area contributed by atoms with E-state index < -0.39 is 0 Å². The second-order valence-corrected chi connectivity index (χ2v) is 9.11. The highest BCUT2D eigenvalue weighted by Gasteiger charge is 2.21. The van der Waals surface area contributed by atoms with Gasteiger partial charge in [0.05, 0.1) is 6.54 Å². The number of hydrogen-bond acceptors (Lipinski definition) is 7. The summed E-state index contributed by atoms with van der Waals surface area (Å²) in [6.07, 6.45) is 4.10. The van der Waals surface area contributed by atoms with E-state index >= 15 is 0 Å². The predicted octanol–water partition coefficient (Wildman–Crippen LogP) is 3.46. The summed E-state index contributed by atoms with van der Waals surface area (Å²) in [4.78, 5) is 37.4. The van der Waals surface area contributed by atoms with Crippen LogP contribution < -0.4 is 16.0 Å². The van der Waals surface area contributed by atoms with Gasteiger partial charge in [-0.1, -0.05) is 43.3 Å². The van der Waals surface area contributed by atoms with Gasteiger partial charge in [0.15, 0.2) is 5.82 Å². The van der Waals surface area contributed by atoms with E-state index in [4.69, 9.17) is 0 Å². The quantitative estimate of drug-likeness (QED) is 0.289. The van der Waals surface area contributed by atoms with Crippen LogP contribution in [0.4, 0.5) is 16.0 Å². The summed E-state index contributed by atoms with van der Waals surface area (Å²) in [5.74, 6) is 1.03. The molecule has 1 aliphatic heterocycles. The molecule has 1 aromatic carbocycles. The van der Waals surface area contributed by atoms with Gasteiger partial charge >= 0.3 is 0 Å². The first-order chi connectivity index (χ1) is 18.4. The lowest BCUT2D eigenvalue weighted by Crippen LogP contribution is -2.49. The lowest BCUT2D eigenvalue weighted by atomic mass is 10.1. The van der Waals surface area contributed by atoms with E-state index in [9.17, 15) is 14.0 Å². The van der Waals surface area contributed by atoms with Crippen LogP contribution in [-0.2, 0) is 9.59 Å². The molecule has 10 heteroatoms. The molecular weight excluding hydrogens is 485 g/mol. The highest BCUT2D eigenvalue weighted by molar-refractivity contribution is 5.92. The second-order valence-electron chi connectivity index (χ2n) is 9.11. The highest BCUT2D eigenvalue weighted by atomic mass is 19.1. The highest BCUT2D eigenvalue weighted by Crippen LogP contribution is 2.20. The van der Waals surface area contributed by atoms with Crippen molar-refractivity contribution < 1.29 is 14.0 Å². The molecule has 1 aliphatic rings. The number of hydrogen-bond donors (Lipinski definition) is 3. The zero-order valence-electron chi connectivity index (χ0n) is 22.5. The lowest BCUT2D eigenvalue weighted by molar-refractivity contribution is -0.119. The van der Waals surface area contributed by atoms with Crippen molar-refractivity contribution in [1.29, 1.82) is 0 Å². The van der Waals surface area contributed by atoms with Gasteiger partial charge in [0.25, 0.3) is 0 Å². The minimum atomic E-state index is -0.161. The third-order valence-electron chi connectivity index (χ3n) is 6.10. The number of halogens is 1. The van der Waals surface area contributed by atoms with Crippen LogP contribution in [0.2, 0.25) is 0 Å². The molecule has 204 valence electrons. The van der Waals surface area contributed by atoms with E-state index in [-0.39, 0.29) is 24.2 Å². The fourth-order valence-corrected chi connectivity index (χ4v) is 4.09. The van der Waals surface area contributed by atoms with E-state index in [0.29, 0.717) is 49.1 Å². The molecule has 0 saturated carbocycles. The zero-order chi connectivity index (χ0) is 27.3. The molecule has 0 unspecified atom stereocenters. The first-order valence-corrected chi connectivity index (χ1v) is 13.1. The Kier molecular flexibility index (Phi) is 11.4. The van der Waals surface area contributed by atoms with Crippen LogP contribution >= 0.6 is 0 Å². The number of benzene rings is 1. The Morgan fingerprint density at radius 3 is 2.29 bits per heavy atom. The minimum absolute atomic E-state index is 0.101. The Labute approximate surface area is 224 Å². The number of nitrogens with one attached hydrogen (secondary N) is 3. The molecule has 9 nitrogen and oxygen atoms in total. The van der Waals surface area contributed by atoms with Gasteiger partial charge < -0.3 is 16.0 Å². The topological polar surface area (TPSA) is 102 Å². The van der Waals surface area contributed by atoms with Crippen LogP contribution in [0.3, 0.4) is 0 Å². The van der Waals surface area contributed by atoms with Gasteiger partial charge in [-0.3, -0.25) is 19.4 Å². The number of nitrogens with zero attached hydrogens (tertiary/aromatic N) is 4. The van der Waals surface area contributed by atoms with Crippen LogP contribution in [-0.4, -0.2) is 83.9 Å². The van der Waals surface area contributed by atoms with Gasteiger partial charge in [-0.2, -0.15) is 0 Å². The number of anilines is 2.